The lowest BCUT2D eigenvalue weighted by atomic mass is 10.2. The molecule has 3 aromatic rings. The predicted molar refractivity (Wildman–Crippen MR) is 131 cm³/mol. The molecule has 0 spiro atoms. The van der Waals surface area contributed by atoms with Gasteiger partial charge < -0.3 is 9.64 Å². The summed E-state index contributed by atoms with van der Waals surface area (Å²) in [5.74, 6) is 5.84. The van der Waals surface area contributed by atoms with Crippen molar-refractivity contribution < 1.29 is 22.7 Å². The van der Waals surface area contributed by atoms with Gasteiger partial charge in [0.1, 0.15) is 11.5 Å². The Labute approximate surface area is 203 Å². The van der Waals surface area contributed by atoms with E-state index in [1.807, 2.05) is 35.8 Å². The second kappa shape index (κ2) is 10.5. The highest BCUT2D eigenvalue weighted by molar-refractivity contribution is 7.91. The first-order chi connectivity index (χ1) is 16.8. The van der Waals surface area contributed by atoms with Crippen LogP contribution in [0.2, 0.25) is 0 Å². The maximum Gasteiger partial charge on any atom is 0.324 e. The number of para-hydroxylation sites is 1. The molecule has 3 amide bonds. The zero-order chi connectivity index (χ0) is 24.8. The van der Waals surface area contributed by atoms with Crippen molar-refractivity contribution in [1.29, 1.82) is 0 Å². The summed E-state index contributed by atoms with van der Waals surface area (Å²) in [6, 6.07) is 19.2. The van der Waals surface area contributed by atoms with Crippen LogP contribution in [0.25, 0.3) is 0 Å². The maximum absolute atomic E-state index is 13.4. The van der Waals surface area contributed by atoms with E-state index < -0.39 is 15.7 Å². The third-order valence-corrected chi connectivity index (χ3v) is 7.12. The van der Waals surface area contributed by atoms with Crippen molar-refractivity contribution >= 4 is 27.5 Å². The molecule has 0 saturated carbocycles. The number of carbonyl (C=O) groups excluding carboxylic acids is 2. The van der Waals surface area contributed by atoms with Crippen molar-refractivity contribution in [3.8, 4) is 11.5 Å². The lowest BCUT2D eigenvalue weighted by Crippen LogP contribution is -2.49. The molecule has 182 valence electrons. The molecule has 11 heteroatoms. The van der Waals surface area contributed by atoms with Crippen LogP contribution in [0.15, 0.2) is 72.9 Å². The summed E-state index contributed by atoms with van der Waals surface area (Å²) in [5.41, 5.74) is 3.47. The quantitative estimate of drug-likeness (QED) is 0.304. The standard InChI is InChI=1S/C24H25N5O5S/c25-27-23(30)18-6-7-19(26-16-18)17-29(24(31)28-12-14-35(32,33)15-13-28)20-8-10-22(11-9-20)34-21-4-2-1-3-5-21/h1-11,16H,12-15,17,25H2,(H,27,30). The van der Waals surface area contributed by atoms with Crippen molar-refractivity contribution in [2.45, 2.75) is 6.54 Å². The minimum atomic E-state index is -3.14. The van der Waals surface area contributed by atoms with Gasteiger partial charge in [0.15, 0.2) is 9.84 Å². The lowest BCUT2D eigenvalue weighted by molar-refractivity contribution is 0.0953. The van der Waals surface area contributed by atoms with E-state index in [0.29, 0.717) is 22.9 Å². The average molecular weight is 496 g/mol. The first-order valence-corrected chi connectivity index (χ1v) is 12.7. The predicted octanol–water partition coefficient (Wildman–Crippen LogP) is 2.33. The maximum atomic E-state index is 13.4. The molecule has 4 rings (SSSR count). The fraction of sp³-hybridized carbons (Fsp3) is 0.208. The van der Waals surface area contributed by atoms with Crippen LogP contribution in [0.1, 0.15) is 16.1 Å². The number of benzene rings is 2. The summed E-state index contributed by atoms with van der Waals surface area (Å²) < 4.78 is 29.5. The third-order valence-electron chi connectivity index (χ3n) is 5.51. The van der Waals surface area contributed by atoms with E-state index in [1.54, 1.807) is 36.4 Å². The van der Waals surface area contributed by atoms with E-state index >= 15 is 0 Å². The highest BCUT2D eigenvalue weighted by Crippen LogP contribution is 2.26. The highest BCUT2D eigenvalue weighted by atomic mass is 32.2. The number of anilines is 1. The van der Waals surface area contributed by atoms with Gasteiger partial charge in [0.05, 0.1) is 29.3 Å². The van der Waals surface area contributed by atoms with E-state index in [0.717, 1.165) is 0 Å². The van der Waals surface area contributed by atoms with Gasteiger partial charge in [-0.2, -0.15) is 0 Å². The molecule has 0 atom stereocenters. The Kier molecular flexibility index (Phi) is 7.28. The van der Waals surface area contributed by atoms with Crippen LogP contribution in [0, 0.1) is 0 Å². The van der Waals surface area contributed by atoms with Gasteiger partial charge in [-0.25, -0.2) is 19.1 Å². The number of hydrogen-bond donors (Lipinski definition) is 2. The molecule has 1 saturated heterocycles. The number of rotatable bonds is 6. The molecule has 0 radical (unpaired) electrons. The molecule has 35 heavy (non-hydrogen) atoms. The first kappa shape index (κ1) is 24.2. The lowest BCUT2D eigenvalue weighted by Gasteiger charge is -2.33. The summed E-state index contributed by atoms with van der Waals surface area (Å²) in [6.45, 7) is 0.358. The number of nitrogens with zero attached hydrogens (tertiary/aromatic N) is 3. The zero-order valence-electron chi connectivity index (χ0n) is 18.8. The van der Waals surface area contributed by atoms with Gasteiger partial charge in [0, 0.05) is 25.0 Å². The number of urea groups is 1. The molecule has 2 heterocycles. The number of nitrogens with two attached hydrogens (primary N) is 1. The minimum absolute atomic E-state index is 0.0718. The fourth-order valence-corrected chi connectivity index (χ4v) is 4.76. The molecule has 0 bridgehead atoms. The molecule has 3 N–H and O–H groups in total. The molecule has 1 aliphatic heterocycles. The van der Waals surface area contributed by atoms with Gasteiger partial charge in [-0.1, -0.05) is 18.2 Å². The average Bonchev–Trinajstić information content (AvgIpc) is 2.88. The monoisotopic (exact) mass is 495 g/mol. The van der Waals surface area contributed by atoms with E-state index in [9.17, 15) is 18.0 Å². The molecule has 0 aliphatic carbocycles. The Balaban J connectivity index is 1.57. The highest BCUT2D eigenvalue weighted by Gasteiger charge is 2.29. The number of nitrogens with one attached hydrogen (secondary N) is 1. The van der Waals surface area contributed by atoms with E-state index in [-0.39, 0.29) is 42.7 Å². The summed E-state index contributed by atoms with van der Waals surface area (Å²) in [4.78, 5) is 32.4. The summed E-state index contributed by atoms with van der Waals surface area (Å²) in [5, 5.41) is 0. The van der Waals surface area contributed by atoms with Crippen molar-refractivity contribution in [1.82, 2.24) is 15.3 Å². The zero-order valence-corrected chi connectivity index (χ0v) is 19.6. The van der Waals surface area contributed by atoms with Gasteiger partial charge in [0.25, 0.3) is 5.91 Å². The molecule has 1 fully saturated rings. The van der Waals surface area contributed by atoms with E-state index in [1.165, 1.54) is 16.0 Å². The number of hydrogen-bond acceptors (Lipinski definition) is 7. The number of sulfone groups is 1. The number of nitrogen functional groups attached to an aromatic ring is 1. The SMILES string of the molecule is NNC(=O)c1ccc(CN(C(=O)N2CCS(=O)(=O)CC2)c2ccc(Oc3ccccc3)cc2)nc1. The Morgan fingerprint density at radius 1 is 0.971 bits per heavy atom. The van der Waals surface area contributed by atoms with E-state index in [4.69, 9.17) is 10.6 Å². The summed E-state index contributed by atoms with van der Waals surface area (Å²) >= 11 is 0. The Hall–Kier alpha value is -3.96. The molecule has 0 unspecified atom stereocenters. The molecule has 1 aliphatic rings. The minimum Gasteiger partial charge on any atom is -0.457 e. The molecule has 2 aromatic carbocycles. The largest absolute Gasteiger partial charge is 0.457 e. The van der Waals surface area contributed by atoms with Gasteiger partial charge in [-0.15, -0.1) is 0 Å². The van der Waals surface area contributed by atoms with Gasteiger partial charge in [-0.3, -0.25) is 20.1 Å². The van der Waals surface area contributed by atoms with Crippen LogP contribution in [0.3, 0.4) is 0 Å². The van der Waals surface area contributed by atoms with Crippen molar-refractivity contribution in [2.75, 3.05) is 29.5 Å². The fourth-order valence-electron chi connectivity index (χ4n) is 3.56. The molecule has 10 nitrogen and oxygen atoms in total. The molecular formula is C24H25N5O5S. The Morgan fingerprint density at radius 2 is 1.63 bits per heavy atom. The van der Waals surface area contributed by atoms with Crippen LogP contribution in [-0.4, -0.2) is 54.8 Å². The van der Waals surface area contributed by atoms with Gasteiger partial charge in [0.2, 0.25) is 0 Å². The first-order valence-electron chi connectivity index (χ1n) is 10.9. The second-order valence-corrected chi connectivity index (χ2v) is 10.2. The van der Waals surface area contributed by atoms with Crippen LogP contribution >= 0.6 is 0 Å². The van der Waals surface area contributed by atoms with Gasteiger partial charge in [-0.05, 0) is 48.5 Å². The number of amides is 3. The summed E-state index contributed by atoms with van der Waals surface area (Å²) in [6.07, 6.45) is 1.38. The van der Waals surface area contributed by atoms with Crippen molar-refractivity contribution in [3.05, 3.63) is 84.2 Å². The van der Waals surface area contributed by atoms with Gasteiger partial charge >= 0.3 is 6.03 Å². The topological polar surface area (TPSA) is 135 Å². The number of aromatic nitrogens is 1. The van der Waals surface area contributed by atoms with Crippen LogP contribution in [-0.2, 0) is 16.4 Å². The normalized spacial score (nSPS) is 14.7. The van der Waals surface area contributed by atoms with Crippen LogP contribution in [0.4, 0.5) is 10.5 Å². The Morgan fingerprint density at radius 3 is 2.23 bits per heavy atom. The number of pyridine rings is 1. The third kappa shape index (κ3) is 6.14. The number of hydrazine groups is 1. The smallest absolute Gasteiger partial charge is 0.324 e. The molecular weight excluding hydrogens is 470 g/mol. The second-order valence-electron chi connectivity index (χ2n) is 7.93. The molecule has 1 aromatic heterocycles. The van der Waals surface area contributed by atoms with Crippen molar-refractivity contribution in [2.24, 2.45) is 5.84 Å². The number of ether oxygens (including phenoxy) is 1. The van der Waals surface area contributed by atoms with Crippen LogP contribution in [0.5, 0.6) is 11.5 Å². The summed E-state index contributed by atoms with van der Waals surface area (Å²) in [7, 11) is -3.14. The van der Waals surface area contributed by atoms with Crippen molar-refractivity contribution in [3.63, 3.8) is 0 Å². The van der Waals surface area contributed by atoms with Crippen LogP contribution < -0.4 is 20.9 Å². The number of carbonyl (C=O) groups is 2. The van der Waals surface area contributed by atoms with E-state index in [2.05, 4.69) is 4.98 Å². The Bertz CT molecular complexity index is 1270.